The lowest BCUT2D eigenvalue weighted by Gasteiger charge is -2.35. The van der Waals surface area contributed by atoms with Crippen molar-refractivity contribution in [1.29, 1.82) is 0 Å². The van der Waals surface area contributed by atoms with Crippen molar-refractivity contribution in [3.8, 4) is 0 Å². The first kappa shape index (κ1) is 18.1. The molecule has 23 heavy (non-hydrogen) atoms. The molecule has 2 N–H and O–H groups in total. The van der Waals surface area contributed by atoms with Crippen LogP contribution in [0.2, 0.25) is 0 Å². The lowest BCUT2D eigenvalue weighted by Crippen LogP contribution is -2.45. The van der Waals surface area contributed by atoms with Gasteiger partial charge < -0.3 is 15.4 Å². The predicted octanol–water partition coefficient (Wildman–Crippen LogP) is 2.46. The van der Waals surface area contributed by atoms with Crippen LogP contribution >= 0.6 is 12.2 Å². The molecule has 0 radical (unpaired) electrons. The molecule has 128 valence electrons. The first-order chi connectivity index (χ1) is 11.2. The Hall–Kier alpha value is -1.24. The highest BCUT2D eigenvalue weighted by Gasteiger charge is 2.22. The number of halogens is 1. The fourth-order valence-electron chi connectivity index (χ4n) is 2.66. The Labute approximate surface area is 143 Å². The molecule has 1 heterocycles. The van der Waals surface area contributed by atoms with E-state index >= 15 is 0 Å². The second kappa shape index (κ2) is 9.80. The summed E-state index contributed by atoms with van der Waals surface area (Å²) in [5.41, 5.74) is 1.09. The molecule has 1 fully saturated rings. The highest BCUT2D eigenvalue weighted by molar-refractivity contribution is 7.80. The lowest BCUT2D eigenvalue weighted by molar-refractivity contribution is 0.0170. The average molecular weight is 339 g/mol. The van der Waals surface area contributed by atoms with Crippen molar-refractivity contribution in [2.45, 2.75) is 25.8 Å². The second-order valence-electron chi connectivity index (χ2n) is 5.71. The van der Waals surface area contributed by atoms with E-state index in [9.17, 15) is 4.39 Å². The van der Waals surface area contributed by atoms with Crippen molar-refractivity contribution in [1.82, 2.24) is 15.5 Å². The standard InChI is InChI=1S/C17H26FN3OS/c1-2-3-8-19-17(23)20-13-16(21-9-11-22-12-10-21)14-4-6-15(18)7-5-14/h4-7,16H,2-3,8-13H2,1H3,(H2,19,20,23). The van der Waals surface area contributed by atoms with Crippen LogP contribution in [0.3, 0.4) is 0 Å². The first-order valence-electron chi connectivity index (χ1n) is 8.29. The van der Waals surface area contributed by atoms with E-state index in [1.165, 1.54) is 12.1 Å². The van der Waals surface area contributed by atoms with Crippen molar-refractivity contribution < 1.29 is 9.13 Å². The van der Waals surface area contributed by atoms with Crippen LogP contribution in [-0.4, -0.2) is 49.4 Å². The summed E-state index contributed by atoms with van der Waals surface area (Å²) in [4.78, 5) is 2.36. The Balaban J connectivity index is 1.95. The zero-order valence-corrected chi connectivity index (χ0v) is 14.5. The van der Waals surface area contributed by atoms with E-state index in [1.807, 2.05) is 12.1 Å². The summed E-state index contributed by atoms with van der Waals surface area (Å²) < 4.78 is 18.6. The van der Waals surface area contributed by atoms with Crippen molar-refractivity contribution in [2.75, 3.05) is 39.4 Å². The highest BCUT2D eigenvalue weighted by Crippen LogP contribution is 2.21. The molecule has 1 aromatic carbocycles. The summed E-state index contributed by atoms with van der Waals surface area (Å²) in [6.45, 7) is 6.96. The Kier molecular flexibility index (Phi) is 7.71. The topological polar surface area (TPSA) is 36.5 Å². The van der Waals surface area contributed by atoms with Gasteiger partial charge in [-0.1, -0.05) is 25.5 Å². The molecular weight excluding hydrogens is 313 g/mol. The summed E-state index contributed by atoms with van der Waals surface area (Å²) >= 11 is 5.33. The molecule has 1 aliphatic rings. The van der Waals surface area contributed by atoms with Crippen LogP contribution in [0.15, 0.2) is 24.3 Å². The summed E-state index contributed by atoms with van der Waals surface area (Å²) in [5, 5.41) is 7.20. The Bertz CT molecular complexity index is 477. The maximum Gasteiger partial charge on any atom is 0.166 e. The number of rotatable bonds is 7. The molecule has 0 aliphatic carbocycles. The molecule has 0 saturated carbocycles. The zero-order chi connectivity index (χ0) is 16.5. The fraction of sp³-hybridized carbons (Fsp3) is 0.588. The smallest absolute Gasteiger partial charge is 0.166 e. The van der Waals surface area contributed by atoms with Gasteiger partial charge in [0.2, 0.25) is 0 Å². The molecule has 0 aromatic heterocycles. The zero-order valence-electron chi connectivity index (χ0n) is 13.7. The quantitative estimate of drug-likeness (QED) is 0.590. The minimum absolute atomic E-state index is 0.158. The maximum absolute atomic E-state index is 13.2. The van der Waals surface area contributed by atoms with Gasteiger partial charge >= 0.3 is 0 Å². The number of hydrogen-bond acceptors (Lipinski definition) is 3. The average Bonchev–Trinajstić information content (AvgIpc) is 2.58. The first-order valence-corrected chi connectivity index (χ1v) is 8.70. The molecule has 1 saturated heterocycles. The molecule has 4 nitrogen and oxygen atoms in total. The number of unbranched alkanes of at least 4 members (excludes halogenated alkanes) is 1. The molecule has 1 aromatic rings. The highest BCUT2D eigenvalue weighted by atomic mass is 32.1. The Morgan fingerprint density at radius 2 is 1.96 bits per heavy atom. The van der Waals surface area contributed by atoms with Gasteiger partial charge in [-0.05, 0) is 36.3 Å². The summed E-state index contributed by atoms with van der Waals surface area (Å²) in [6.07, 6.45) is 2.24. The van der Waals surface area contributed by atoms with Gasteiger partial charge in [0.15, 0.2) is 5.11 Å². The number of hydrogen-bond donors (Lipinski definition) is 2. The van der Waals surface area contributed by atoms with Crippen LogP contribution < -0.4 is 10.6 Å². The van der Waals surface area contributed by atoms with Gasteiger partial charge in [-0.15, -0.1) is 0 Å². The van der Waals surface area contributed by atoms with Gasteiger partial charge in [-0.3, -0.25) is 4.90 Å². The molecule has 1 atom stereocenters. The Morgan fingerprint density at radius 1 is 1.26 bits per heavy atom. The largest absolute Gasteiger partial charge is 0.379 e. The number of benzene rings is 1. The number of thiocarbonyl (C=S) groups is 1. The van der Waals surface area contributed by atoms with E-state index in [2.05, 4.69) is 22.5 Å². The molecule has 0 spiro atoms. The van der Waals surface area contributed by atoms with Gasteiger partial charge in [-0.25, -0.2) is 4.39 Å². The molecule has 1 aliphatic heterocycles. The lowest BCUT2D eigenvalue weighted by atomic mass is 10.0. The summed E-state index contributed by atoms with van der Waals surface area (Å²) in [7, 11) is 0. The van der Waals surface area contributed by atoms with E-state index in [4.69, 9.17) is 17.0 Å². The fourth-order valence-corrected chi connectivity index (χ4v) is 2.85. The van der Waals surface area contributed by atoms with Crippen LogP contribution in [-0.2, 0) is 4.74 Å². The van der Waals surface area contributed by atoms with E-state index in [1.54, 1.807) is 0 Å². The minimum atomic E-state index is -0.209. The number of ether oxygens (including phenoxy) is 1. The molecule has 0 bridgehead atoms. The summed E-state index contributed by atoms with van der Waals surface area (Å²) in [5.74, 6) is -0.209. The monoisotopic (exact) mass is 339 g/mol. The van der Waals surface area contributed by atoms with Crippen LogP contribution in [0.4, 0.5) is 4.39 Å². The normalized spacial score (nSPS) is 16.8. The van der Waals surface area contributed by atoms with Crippen molar-refractivity contribution >= 4 is 17.3 Å². The third-order valence-corrected chi connectivity index (χ3v) is 4.30. The minimum Gasteiger partial charge on any atom is -0.379 e. The van der Waals surface area contributed by atoms with E-state index in [0.29, 0.717) is 11.7 Å². The summed E-state index contributed by atoms with van der Waals surface area (Å²) in [6, 6.07) is 6.89. The van der Waals surface area contributed by atoms with Crippen LogP contribution in [0.25, 0.3) is 0 Å². The third-order valence-electron chi connectivity index (χ3n) is 4.01. The Morgan fingerprint density at radius 3 is 2.61 bits per heavy atom. The molecule has 0 amide bonds. The van der Waals surface area contributed by atoms with Crippen LogP contribution in [0, 0.1) is 5.82 Å². The molecule has 2 rings (SSSR count). The number of nitrogens with one attached hydrogen (secondary N) is 2. The van der Waals surface area contributed by atoms with Gasteiger partial charge in [0.1, 0.15) is 5.82 Å². The molecule has 1 unspecified atom stereocenters. The van der Waals surface area contributed by atoms with E-state index in [-0.39, 0.29) is 11.9 Å². The van der Waals surface area contributed by atoms with Crippen LogP contribution in [0.5, 0.6) is 0 Å². The van der Waals surface area contributed by atoms with Gasteiger partial charge in [0, 0.05) is 26.2 Å². The van der Waals surface area contributed by atoms with Gasteiger partial charge in [0.05, 0.1) is 19.3 Å². The van der Waals surface area contributed by atoms with Gasteiger partial charge in [0.25, 0.3) is 0 Å². The molecular formula is C17H26FN3OS. The third kappa shape index (κ3) is 6.05. The van der Waals surface area contributed by atoms with Crippen LogP contribution in [0.1, 0.15) is 31.4 Å². The number of morpholine rings is 1. The van der Waals surface area contributed by atoms with Gasteiger partial charge in [-0.2, -0.15) is 0 Å². The predicted molar refractivity (Wildman–Crippen MR) is 95.0 cm³/mol. The van der Waals surface area contributed by atoms with E-state index in [0.717, 1.165) is 51.3 Å². The second-order valence-corrected chi connectivity index (χ2v) is 6.11. The van der Waals surface area contributed by atoms with Crippen molar-refractivity contribution in [3.63, 3.8) is 0 Å². The maximum atomic E-state index is 13.2. The molecule has 6 heteroatoms. The number of nitrogens with zero attached hydrogens (tertiary/aromatic N) is 1. The van der Waals surface area contributed by atoms with Crippen molar-refractivity contribution in [3.05, 3.63) is 35.6 Å². The van der Waals surface area contributed by atoms with E-state index < -0.39 is 0 Å². The SMILES string of the molecule is CCCCNC(=S)NCC(c1ccc(F)cc1)N1CCOCC1. The van der Waals surface area contributed by atoms with Crippen molar-refractivity contribution in [2.24, 2.45) is 0 Å².